The lowest BCUT2D eigenvalue weighted by Gasteiger charge is -2.12. The Morgan fingerprint density at radius 3 is 2.50 bits per heavy atom. The van der Waals surface area contributed by atoms with Crippen LogP contribution in [0, 0.1) is 0 Å². The zero-order valence-corrected chi connectivity index (χ0v) is 14.3. The van der Waals surface area contributed by atoms with E-state index in [1.165, 1.54) is 30.5 Å². The van der Waals surface area contributed by atoms with Crippen molar-refractivity contribution in [3.8, 4) is 5.69 Å². The summed E-state index contributed by atoms with van der Waals surface area (Å²) in [4.78, 5) is 52.3. The van der Waals surface area contributed by atoms with Crippen LogP contribution in [0.2, 0.25) is 0 Å². The molecule has 1 aliphatic heterocycles. The van der Waals surface area contributed by atoms with Crippen molar-refractivity contribution in [2.45, 2.75) is 0 Å². The summed E-state index contributed by atoms with van der Waals surface area (Å²) in [5.74, 6) is -1.80. The Morgan fingerprint density at radius 1 is 1.07 bits per heavy atom. The largest absolute Gasteiger partial charge is 0.384 e. The van der Waals surface area contributed by atoms with Crippen molar-refractivity contribution >= 4 is 29.2 Å². The third-order valence-corrected chi connectivity index (χ3v) is 4.26. The number of carbonyl (C=O) groups is 3. The van der Waals surface area contributed by atoms with Crippen LogP contribution in [0.3, 0.4) is 0 Å². The summed E-state index contributed by atoms with van der Waals surface area (Å²) in [5, 5.41) is 4.81. The number of hydrogen-bond donors (Lipinski definition) is 3. The Bertz CT molecular complexity index is 1180. The highest BCUT2D eigenvalue weighted by Crippen LogP contribution is 2.23. The highest BCUT2D eigenvalue weighted by Gasteiger charge is 2.31. The number of rotatable bonds is 3. The number of pyridine rings is 2. The number of carbonyl (C=O) groups excluding carboxylic acids is 3. The summed E-state index contributed by atoms with van der Waals surface area (Å²) in [7, 11) is 0. The van der Waals surface area contributed by atoms with Crippen LogP contribution in [0.5, 0.6) is 0 Å². The lowest BCUT2D eigenvalue weighted by Crippen LogP contribution is -2.24. The van der Waals surface area contributed by atoms with E-state index in [-0.39, 0.29) is 22.9 Å². The number of imide groups is 1. The van der Waals surface area contributed by atoms with Gasteiger partial charge in [-0.2, -0.15) is 0 Å². The van der Waals surface area contributed by atoms with Crippen molar-refractivity contribution in [3.05, 3.63) is 81.9 Å². The fourth-order valence-electron chi connectivity index (χ4n) is 2.95. The van der Waals surface area contributed by atoms with Crippen LogP contribution >= 0.6 is 0 Å². The zero-order chi connectivity index (χ0) is 19.8. The molecule has 0 spiro atoms. The fourth-order valence-corrected chi connectivity index (χ4v) is 2.95. The maximum Gasteiger partial charge on any atom is 0.262 e. The second-order valence-electron chi connectivity index (χ2n) is 6.02. The standard InChI is InChI=1S/C19H13N5O4/c20-16-15-13(18(27)23-19(15)28)8-14(25)24(16)12-5-3-10(4-6-12)17(26)22-11-2-1-7-21-9-11/h1-9H,20H2,(H,22,26)(H,23,27,28). The number of nitrogen functional groups attached to an aromatic ring is 1. The van der Waals surface area contributed by atoms with E-state index in [2.05, 4.69) is 15.6 Å². The molecule has 3 aromatic rings. The van der Waals surface area contributed by atoms with Gasteiger partial charge in [0, 0.05) is 17.8 Å². The molecule has 4 rings (SSSR count). The fraction of sp³-hybridized carbons (Fsp3) is 0. The van der Waals surface area contributed by atoms with Crippen molar-refractivity contribution in [2.24, 2.45) is 0 Å². The average molecular weight is 375 g/mol. The summed E-state index contributed by atoms with van der Waals surface area (Å²) in [6.07, 6.45) is 3.11. The number of anilines is 2. The van der Waals surface area contributed by atoms with Gasteiger partial charge in [-0.05, 0) is 36.4 Å². The summed E-state index contributed by atoms with van der Waals surface area (Å²) in [6, 6.07) is 10.6. The van der Waals surface area contributed by atoms with Gasteiger partial charge in [0.1, 0.15) is 5.82 Å². The molecule has 0 saturated carbocycles. The Kier molecular flexibility index (Phi) is 3.96. The van der Waals surface area contributed by atoms with E-state index < -0.39 is 17.4 Å². The van der Waals surface area contributed by atoms with Crippen LogP contribution in [0.15, 0.2) is 59.7 Å². The maximum atomic E-state index is 12.4. The molecule has 2 aromatic heterocycles. The van der Waals surface area contributed by atoms with Crippen molar-refractivity contribution in [1.82, 2.24) is 14.9 Å². The quantitative estimate of drug-likeness (QED) is 0.583. The van der Waals surface area contributed by atoms with Gasteiger partial charge in [-0.25, -0.2) is 0 Å². The second-order valence-corrected chi connectivity index (χ2v) is 6.02. The van der Waals surface area contributed by atoms with E-state index in [1.807, 2.05) is 0 Å². The molecule has 0 aliphatic carbocycles. The molecule has 0 atom stereocenters. The van der Waals surface area contributed by atoms with Gasteiger partial charge in [-0.15, -0.1) is 0 Å². The Balaban J connectivity index is 1.68. The molecule has 0 unspecified atom stereocenters. The van der Waals surface area contributed by atoms with E-state index in [1.54, 1.807) is 18.3 Å². The summed E-state index contributed by atoms with van der Waals surface area (Å²) in [5.41, 5.74) is 6.60. The number of nitrogens with zero attached hydrogens (tertiary/aromatic N) is 2. The minimum absolute atomic E-state index is 0.0389. The molecule has 4 N–H and O–H groups in total. The molecule has 28 heavy (non-hydrogen) atoms. The van der Waals surface area contributed by atoms with E-state index in [0.29, 0.717) is 16.9 Å². The molecule has 1 aromatic carbocycles. The first-order valence-electron chi connectivity index (χ1n) is 8.19. The first kappa shape index (κ1) is 17.2. The molecule has 3 amide bonds. The van der Waals surface area contributed by atoms with Crippen LogP contribution in [0.25, 0.3) is 5.69 Å². The number of nitrogens with one attached hydrogen (secondary N) is 2. The maximum absolute atomic E-state index is 12.4. The predicted molar refractivity (Wildman–Crippen MR) is 100 cm³/mol. The lowest BCUT2D eigenvalue weighted by atomic mass is 10.1. The van der Waals surface area contributed by atoms with Gasteiger partial charge in [0.2, 0.25) is 0 Å². The first-order chi connectivity index (χ1) is 13.5. The summed E-state index contributed by atoms with van der Waals surface area (Å²) >= 11 is 0. The monoisotopic (exact) mass is 375 g/mol. The van der Waals surface area contributed by atoms with E-state index >= 15 is 0 Å². The number of nitrogens with two attached hydrogens (primary N) is 1. The third kappa shape index (κ3) is 2.80. The number of benzene rings is 1. The topological polar surface area (TPSA) is 136 Å². The van der Waals surface area contributed by atoms with Crippen molar-refractivity contribution in [3.63, 3.8) is 0 Å². The van der Waals surface area contributed by atoms with Gasteiger partial charge in [0.15, 0.2) is 0 Å². The molecule has 0 radical (unpaired) electrons. The van der Waals surface area contributed by atoms with Crippen LogP contribution < -0.4 is 21.9 Å². The second kappa shape index (κ2) is 6.47. The van der Waals surface area contributed by atoms with Gasteiger partial charge in [0.25, 0.3) is 23.3 Å². The highest BCUT2D eigenvalue weighted by molar-refractivity contribution is 6.23. The SMILES string of the molecule is Nc1c2c(cc(=O)n1-c1ccc(C(=O)Nc3cccnc3)cc1)C(=O)NC2=O. The molecule has 0 saturated heterocycles. The smallest absolute Gasteiger partial charge is 0.262 e. The molecule has 9 nitrogen and oxygen atoms in total. The molecular formula is C19H13N5O4. The molecular weight excluding hydrogens is 362 g/mol. The van der Waals surface area contributed by atoms with E-state index in [4.69, 9.17) is 5.73 Å². The molecule has 1 aliphatic rings. The minimum atomic E-state index is -0.654. The van der Waals surface area contributed by atoms with Crippen molar-refractivity contribution < 1.29 is 14.4 Å². The average Bonchev–Trinajstić information content (AvgIpc) is 2.96. The number of fused-ring (bicyclic) bond motifs is 1. The van der Waals surface area contributed by atoms with Gasteiger partial charge < -0.3 is 11.1 Å². The zero-order valence-electron chi connectivity index (χ0n) is 14.3. The highest BCUT2D eigenvalue weighted by atomic mass is 16.2. The molecule has 9 heteroatoms. The Hall–Kier alpha value is -4.27. The van der Waals surface area contributed by atoms with Crippen molar-refractivity contribution in [2.75, 3.05) is 11.1 Å². The van der Waals surface area contributed by atoms with Crippen LogP contribution in [0.4, 0.5) is 11.5 Å². The normalized spacial score (nSPS) is 12.4. The number of hydrogen-bond acceptors (Lipinski definition) is 6. The van der Waals surface area contributed by atoms with Gasteiger partial charge in [-0.1, -0.05) is 0 Å². The van der Waals surface area contributed by atoms with Crippen molar-refractivity contribution in [1.29, 1.82) is 0 Å². The Morgan fingerprint density at radius 2 is 1.82 bits per heavy atom. The van der Waals surface area contributed by atoms with E-state index in [0.717, 1.165) is 10.6 Å². The van der Waals surface area contributed by atoms with Crippen LogP contribution in [-0.2, 0) is 0 Å². The lowest BCUT2D eigenvalue weighted by molar-refractivity contribution is 0.0879. The third-order valence-electron chi connectivity index (χ3n) is 4.26. The minimum Gasteiger partial charge on any atom is -0.384 e. The Labute approximate surface area is 157 Å². The summed E-state index contributed by atoms with van der Waals surface area (Å²) in [6.45, 7) is 0. The van der Waals surface area contributed by atoms with Crippen LogP contribution in [-0.4, -0.2) is 27.3 Å². The predicted octanol–water partition coefficient (Wildman–Crippen LogP) is 0.951. The molecule has 138 valence electrons. The van der Waals surface area contributed by atoms with Crippen LogP contribution in [0.1, 0.15) is 31.1 Å². The summed E-state index contributed by atoms with van der Waals surface area (Å²) < 4.78 is 1.11. The number of aromatic nitrogens is 2. The van der Waals surface area contributed by atoms with Gasteiger partial charge in [0.05, 0.1) is 28.7 Å². The molecule has 0 bridgehead atoms. The van der Waals surface area contributed by atoms with Gasteiger partial charge in [-0.3, -0.25) is 34.0 Å². The number of amides is 3. The van der Waals surface area contributed by atoms with Gasteiger partial charge >= 0.3 is 0 Å². The first-order valence-corrected chi connectivity index (χ1v) is 8.19. The molecule has 0 fully saturated rings. The molecule has 3 heterocycles. The van der Waals surface area contributed by atoms with E-state index in [9.17, 15) is 19.2 Å².